The zero-order valence-electron chi connectivity index (χ0n) is 10.6. The minimum atomic E-state index is -0.492. The van der Waals surface area contributed by atoms with E-state index in [1.54, 1.807) is 0 Å². The van der Waals surface area contributed by atoms with Crippen LogP contribution in [-0.2, 0) is 4.79 Å². The van der Waals surface area contributed by atoms with Crippen LogP contribution in [0.4, 0.5) is 0 Å². The third kappa shape index (κ3) is 2.07. The number of hydrogen-bond donors (Lipinski definition) is 1. The monoisotopic (exact) mass is 254 g/mol. The lowest BCUT2D eigenvalue weighted by molar-refractivity contribution is -0.144. The Morgan fingerprint density at radius 3 is 2.29 bits per heavy atom. The lowest BCUT2D eigenvalue weighted by Crippen LogP contribution is -2.56. The molecular formula is C13H22N2OS. The number of carbonyl (C=O) groups is 1. The van der Waals surface area contributed by atoms with E-state index in [4.69, 9.17) is 18.0 Å². The van der Waals surface area contributed by atoms with Crippen molar-refractivity contribution in [1.29, 1.82) is 0 Å². The van der Waals surface area contributed by atoms with Gasteiger partial charge >= 0.3 is 0 Å². The van der Waals surface area contributed by atoms with Crippen molar-refractivity contribution >= 4 is 23.1 Å². The molecule has 0 spiro atoms. The summed E-state index contributed by atoms with van der Waals surface area (Å²) in [6, 6.07) is 0.430. The first kappa shape index (κ1) is 12.8. The molecule has 17 heavy (non-hydrogen) atoms. The molecule has 0 unspecified atom stereocenters. The molecule has 0 atom stereocenters. The first-order valence-electron chi connectivity index (χ1n) is 6.73. The maximum Gasteiger partial charge on any atom is 0.235 e. The van der Waals surface area contributed by atoms with Gasteiger partial charge in [-0.1, -0.05) is 31.5 Å². The van der Waals surface area contributed by atoms with E-state index < -0.39 is 5.41 Å². The molecular weight excluding hydrogens is 232 g/mol. The molecule has 2 rings (SSSR count). The van der Waals surface area contributed by atoms with Crippen molar-refractivity contribution in [1.82, 2.24) is 4.90 Å². The molecule has 3 nitrogen and oxygen atoms in total. The van der Waals surface area contributed by atoms with E-state index in [-0.39, 0.29) is 5.91 Å². The molecule has 0 bridgehead atoms. The van der Waals surface area contributed by atoms with Crippen LogP contribution in [0.15, 0.2) is 0 Å². The number of carbonyl (C=O) groups excluding carboxylic acids is 1. The highest BCUT2D eigenvalue weighted by atomic mass is 32.1. The van der Waals surface area contributed by atoms with Crippen molar-refractivity contribution in [3.05, 3.63) is 0 Å². The summed E-state index contributed by atoms with van der Waals surface area (Å²) in [6.45, 7) is 2.84. The average molecular weight is 254 g/mol. The Kier molecular flexibility index (Phi) is 3.71. The summed E-state index contributed by atoms with van der Waals surface area (Å²) in [6.07, 6.45) is 7.56. The van der Waals surface area contributed by atoms with Gasteiger partial charge in [-0.3, -0.25) is 4.79 Å². The molecule has 4 heteroatoms. The van der Waals surface area contributed by atoms with Crippen molar-refractivity contribution in [3.63, 3.8) is 0 Å². The predicted molar refractivity (Wildman–Crippen MR) is 72.7 cm³/mol. The second-order valence-corrected chi connectivity index (χ2v) is 5.77. The highest BCUT2D eigenvalue weighted by Gasteiger charge is 2.49. The third-order valence-electron chi connectivity index (χ3n) is 4.46. The average Bonchev–Trinajstić information content (AvgIpc) is 2.69. The van der Waals surface area contributed by atoms with Gasteiger partial charge in [-0.25, -0.2) is 0 Å². The van der Waals surface area contributed by atoms with Gasteiger partial charge in [0.2, 0.25) is 5.91 Å². The van der Waals surface area contributed by atoms with Gasteiger partial charge in [-0.2, -0.15) is 0 Å². The number of amides is 1. The summed E-state index contributed by atoms with van der Waals surface area (Å²) in [7, 11) is 0. The Labute approximate surface area is 109 Å². The lowest BCUT2D eigenvalue weighted by Gasteiger charge is -2.44. The van der Waals surface area contributed by atoms with Crippen molar-refractivity contribution < 1.29 is 4.79 Å². The summed E-state index contributed by atoms with van der Waals surface area (Å²) < 4.78 is 0. The van der Waals surface area contributed by atoms with Crippen molar-refractivity contribution in [3.8, 4) is 0 Å². The highest BCUT2D eigenvalue weighted by Crippen LogP contribution is 2.44. The van der Waals surface area contributed by atoms with Gasteiger partial charge in [0.25, 0.3) is 0 Å². The fraction of sp³-hybridized carbons (Fsp3) is 0.846. The number of hydrogen-bond acceptors (Lipinski definition) is 2. The molecule has 96 valence electrons. The zero-order valence-corrected chi connectivity index (χ0v) is 11.4. The molecule has 0 heterocycles. The maximum absolute atomic E-state index is 12.7. The largest absolute Gasteiger partial charge is 0.392 e. The van der Waals surface area contributed by atoms with E-state index in [9.17, 15) is 4.79 Å². The molecule has 2 N–H and O–H groups in total. The van der Waals surface area contributed by atoms with Crippen molar-refractivity contribution in [2.45, 2.75) is 57.9 Å². The Morgan fingerprint density at radius 2 is 1.94 bits per heavy atom. The smallest absolute Gasteiger partial charge is 0.235 e. The summed E-state index contributed by atoms with van der Waals surface area (Å²) in [5, 5.41) is 0. The van der Waals surface area contributed by atoms with E-state index in [0.29, 0.717) is 11.0 Å². The topological polar surface area (TPSA) is 46.3 Å². The lowest BCUT2D eigenvalue weighted by atomic mass is 9.67. The molecule has 2 aliphatic carbocycles. The molecule has 0 aromatic rings. The van der Waals surface area contributed by atoms with E-state index in [0.717, 1.165) is 38.6 Å². The number of thiocarbonyl (C=S) groups is 1. The Balaban J connectivity index is 2.13. The molecule has 1 amide bonds. The normalized spacial score (nSPS) is 23.1. The number of nitrogens with zero attached hydrogens (tertiary/aromatic N) is 1. The van der Waals surface area contributed by atoms with Crippen LogP contribution in [0, 0.1) is 5.41 Å². The van der Waals surface area contributed by atoms with Crippen molar-refractivity contribution in [2.24, 2.45) is 11.1 Å². The molecule has 0 aromatic heterocycles. The maximum atomic E-state index is 12.7. The van der Waals surface area contributed by atoms with Gasteiger partial charge in [0.15, 0.2) is 0 Å². The molecule has 2 aliphatic rings. The van der Waals surface area contributed by atoms with Crippen LogP contribution in [0.3, 0.4) is 0 Å². The standard InChI is InChI=1S/C13H22N2OS/c1-2-15(10-6-3-4-7-10)12(16)13(11(14)17)8-5-9-13/h10H,2-9H2,1H3,(H2,14,17). The van der Waals surface area contributed by atoms with E-state index >= 15 is 0 Å². The van der Waals surface area contributed by atoms with Crippen LogP contribution in [0.5, 0.6) is 0 Å². The highest BCUT2D eigenvalue weighted by molar-refractivity contribution is 7.80. The van der Waals surface area contributed by atoms with Gasteiger partial charge in [0, 0.05) is 12.6 Å². The first-order valence-corrected chi connectivity index (χ1v) is 7.13. The number of nitrogens with two attached hydrogens (primary N) is 1. The molecule has 2 fully saturated rings. The van der Waals surface area contributed by atoms with Crippen LogP contribution in [0.25, 0.3) is 0 Å². The zero-order chi connectivity index (χ0) is 12.5. The van der Waals surface area contributed by atoms with Crippen LogP contribution >= 0.6 is 12.2 Å². The minimum absolute atomic E-state index is 0.200. The number of rotatable bonds is 4. The Morgan fingerprint density at radius 1 is 1.35 bits per heavy atom. The van der Waals surface area contributed by atoms with Gasteiger partial charge in [0.05, 0.1) is 10.4 Å². The fourth-order valence-electron chi connectivity index (χ4n) is 3.15. The molecule has 0 aromatic carbocycles. The minimum Gasteiger partial charge on any atom is -0.392 e. The van der Waals surface area contributed by atoms with E-state index in [2.05, 4.69) is 6.92 Å². The quantitative estimate of drug-likeness (QED) is 0.783. The summed E-state index contributed by atoms with van der Waals surface area (Å²) in [5.74, 6) is 0.200. The summed E-state index contributed by atoms with van der Waals surface area (Å²) in [4.78, 5) is 15.1. The molecule has 0 aliphatic heterocycles. The van der Waals surface area contributed by atoms with Crippen LogP contribution in [0.1, 0.15) is 51.9 Å². The Hall–Kier alpha value is -0.640. The summed E-state index contributed by atoms with van der Waals surface area (Å²) in [5.41, 5.74) is 5.32. The van der Waals surface area contributed by atoms with Gasteiger partial charge in [-0.15, -0.1) is 0 Å². The SMILES string of the molecule is CCN(C(=O)C1(C(N)=S)CCC1)C1CCCC1. The third-order valence-corrected chi connectivity index (χ3v) is 4.85. The molecule has 2 saturated carbocycles. The van der Waals surface area contributed by atoms with Crippen LogP contribution in [-0.4, -0.2) is 28.4 Å². The predicted octanol–water partition coefficient (Wildman–Crippen LogP) is 2.23. The van der Waals surface area contributed by atoms with Gasteiger partial charge in [0.1, 0.15) is 0 Å². The van der Waals surface area contributed by atoms with Gasteiger partial charge < -0.3 is 10.6 Å². The van der Waals surface area contributed by atoms with Crippen LogP contribution < -0.4 is 5.73 Å². The second kappa shape index (κ2) is 4.92. The first-order chi connectivity index (χ1) is 8.12. The van der Waals surface area contributed by atoms with Crippen LogP contribution in [0.2, 0.25) is 0 Å². The molecule has 0 radical (unpaired) electrons. The second-order valence-electron chi connectivity index (χ2n) is 5.33. The van der Waals surface area contributed by atoms with E-state index in [1.165, 1.54) is 12.8 Å². The van der Waals surface area contributed by atoms with Crippen molar-refractivity contribution in [2.75, 3.05) is 6.54 Å². The molecule has 0 saturated heterocycles. The summed E-state index contributed by atoms with van der Waals surface area (Å²) >= 11 is 5.13. The Bertz CT molecular complexity index is 319. The fourth-order valence-corrected chi connectivity index (χ4v) is 3.45. The van der Waals surface area contributed by atoms with Gasteiger partial charge in [-0.05, 0) is 32.6 Å². The van der Waals surface area contributed by atoms with E-state index in [1.807, 2.05) is 4.90 Å².